The lowest BCUT2D eigenvalue weighted by molar-refractivity contribution is 0.107. The number of piperazine rings is 1. The van der Waals surface area contributed by atoms with Crippen LogP contribution in [0.25, 0.3) is 0 Å². The zero-order chi connectivity index (χ0) is 21.6. The first-order chi connectivity index (χ1) is 15.2. The molecule has 0 radical (unpaired) electrons. The summed E-state index contributed by atoms with van der Waals surface area (Å²) < 4.78 is 12.9. The third-order valence-electron chi connectivity index (χ3n) is 5.95. The molecule has 31 heavy (non-hydrogen) atoms. The molecule has 0 amide bonds. The highest BCUT2D eigenvalue weighted by molar-refractivity contribution is 5.39. The number of rotatable bonds is 8. The van der Waals surface area contributed by atoms with Crippen LogP contribution < -0.4 is 9.47 Å². The summed E-state index contributed by atoms with van der Waals surface area (Å²) in [4.78, 5) is 4.93. The minimum Gasteiger partial charge on any atom is -0.497 e. The van der Waals surface area contributed by atoms with Crippen LogP contribution in [-0.2, 0) is 6.54 Å². The molecule has 1 aliphatic rings. The largest absolute Gasteiger partial charge is 0.497 e. The number of likely N-dealkylation sites (N-methyl/N-ethyl adjacent to an activating group) is 1. The van der Waals surface area contributed by atoms with Gasteiger partial charge < -0.3 is 14.4 Å². The van der Waals surface area contributed by atoms with E-state index in [-0.39, 0.29) is 6.04 Å². The molecule has 8 nitrogen and oxygen atoms in total. The van der Waals surface area contributed by atoms with Crippen LogP contribution in [-0.4, -0.2) is 77.0 Å². The summed E-state index contributed by atoms with van der Waals surface area (Å²) >= 11 is 0. The molecule has 1 atom stereocenters. The molecule has 1 aliphatic heterocycles. The second-order valence-corrected chi connectivity index (χ2v) is 7.66. The minimum atomic E-state index is -0.0802. The van der Waals surface area contributed by atoms with Crippen molar-refractivity contribution in [2.75, 3.05) is 46.9 Å². The quantitative estimate of drug-likeness (QED) is 0.552. The standard InChI is InChI=1S/C23H30N6O2/c1-4-27-13-15-28(16-14-27)22(20-7-5-6-8-21(20)31-3)23-24-25-26-29(23)17-18-9-11-19(30-2)12-10-18/h5-12,22H,4,13-17H2,1-3H3/t22-/m0/s1. The fourth-order valence-electron chi connectivity index (χ4n) is 4.15. The van der Waals surface area contributed by atoms with Gasteiger partial charge in [0.15, 0.2) is 5.82 Å². The summed E-state index contributed by atoms with van der Waals surface area (Å²) in [5.74, 6) is 2.51. The van der Waals surface area contributed by atoms with Crippen LogP contribution in [0.5, 0.6) is 11.5 Å². The molecule has 3 aromatic rings. The third-order valence-corrected chi connectivity index (χ3v) is 5.95. The molecular weight excluding hydrogens is 392 g/mol. The molecule has 0 spiro atoms. The summed E-state index contributed by atoms with van der Waals surface area (Å²) in [6.45, 7) is 7.83. The number of benzene rings is 2. The van der Waals surface area contributed by atoms with Gasteiger partial charge in [-0.2, -0.15) is 0 Å². The lowest BCUT2D eigenvalue weighted by atomic mass is 10.0. The minimum absolute atomic E-state index is 0.0802. The highest BCUT2D eigenvalue weighted by Crippen LogP contribution is 2.34. The topological polar surface area (TPSA) is 68.5 Å². The maximum Gasteiger partial charge on any atom is 0.173 e. The number of nitrogens with zero attached hydrogens (tertiary/aromatic N) is 6. The van der Waals surface area contributed by atoms with Crippen LogP contribution in [0.1, 0.15) is 29.9 Å². The van der Waals surface area contributed by atoms with E-state index in [1.54, 1.807) is 14.2 Å². The molecule has 1 aromatic heterocycles. The number of ether oxygens (including phenoxy) is 2. The van der Waals surface area contributed by atoms with Crippen LogP contribution in [0, 0.1) is 0 Å². The van der Waals surface area contributed by atoms with Crippen molar-refractivity contribution in [1.29, 1.82) is 0 Å². The van der Waals surface area contributed by atoms with E-state index in [1.807, 2.05) is 47.1 Å². The number of aromatic nitrogens is 4. The third kappa shape index (κ3) is 4.70. The Morgan fingerprint density at radius 3 is 2.35 bits per heavy atom. The van der Waals surface area contributed by atoms with Crippen LogP contribution in [0.15, 0.2) is 48.5 Å². The Bertz CT molecular complexity index is 966. The van der Waals surface area contributed by atoms with Crippen molar-refractivity contribution in [2.24, 2.45) is 0 Å². The van der Waals surface area contributed by atoms with Gasteiger partial charge in [0.2, 0.25) is 0 Å². The second kappa shape index (κ2) is 9.89. The van der Waals surface area contributed by atoms with E-state index in [9.17, 15) is 0 Å². The lowest BCUT2D eigenvalue weighted by Crippen LogP contribution is -2.48. The maximum atomic E-state index is 5.71. The van der Waals surface area contributed by atoms with E-state index >= 15 is 0 Å². The zero-order valence-corrected chi connectivity index (χ0v) is 18.4. The highest BCUT2D eigenvalue weighted by atomic mass is 16.5. The molecule has 164 valence electrons. The van der Waals surface area contributed by atoms with Gasteiger partial charge in [0.25, 0.3) is 0 Å². The Kier molecular flexibility index (Phi) is 6.79. The first kappa shape index (κ1) is 21.3. The predicted molar refractivity (Wildman–Crippen MR) is 118 cm³/mol. The molecule has 4 rings (SSSR count). The van der Waals surface area contributed by atoms with E-state index in [0.29, 0.717) is 6.54 Å². The Hall–Kier alpha value is -2.97. The van der Waals surface area contributed by atoms with Crippen molar-refractivity contribution in [3.8, 4) is 11.5 Å². The number of hydrogen-bond acceptors (Lipinski definition) is 7. The molecule has 0 unspecified atom stereocenters. The Morgan fingerprint density at radius 2 is 1.68 bits per heavy atom. The molecule has 1 saturated heterocycles. The predicted octanol–water partition coefficient (Wildman–Crippen LogP) is 2.47. The second-order valence-electron chi connectivity index (χ2n) is 7.66. The number of para-hydroxylation sites is 1. The Balaban J connectivity index is 1.68. The number of methoxy groups -OCH3 is 2. The number of hydrogen-bond donors (Lipinski definition) is 0. The van der Waals surface area contributed by atoms with Crippen molar-refractivity contribution >= 4 is 0 Å². The molecule has 0 saturated carbocycles. The molecule has 0 aliphatic carbocycles. The van der Waals surface area contributed by atoms with Crippen molar-refractivity contribution < 1.29 is 9.47 Å². The summed E-state index contributed by atoms with van der Waals surface area (Å²) in [6, 6.07) is 16.1. The van der Waals surface area contributed by atoms with E-state index < -0.39 is 0 Å². The monoisotopic (exact) mass is 422 g/mol. The zero-order valence-electron chi connectivity index (χ0n) is 18.4. The SMILES string of the molecule is CCN1CCN([C@@H](c2ccccc2OC)c2nnnn2Cc2ccc(OC)cc2)CC1. The Morgan fingerprint density at radius 1 is 0.935 bits per heavy atom. The molecule has 0 bridgehead atoms. The summed E-state index contributed by atoms with van der Waals surface area (Å²) in [7, 11) is 3.38. The highest BCUT2D eigenvalue weighted by Gasteiger charge is 2.32. The summed E-state index contributed by atoms with van der Waals surface area (Å²) in [5, 5.41) is 12.8. The Labute approximate surface area is 183 Å². The van der Waals surface area contributed by atoms with E-state index in [2.05, 4.69) is 38.3 Å². The molecule has 8 heteroatoms. The fourth-order valence-corrected chi connectivity index (χ4v) is 4.15. The van der Waals surface area contributed by atoms with Crippen LogP contribution >= 0.6 is 0 Å². The van der Waals surface area contributed by atoms with Crippen molar-refractivity contribution in [1.82, 2.24) is 30.0 Å². The van der Waals surface area contributed by atoms with Crippen LogP contribution in [0.2, 0.25) is 0 Å². The van der Waals surface area contributed by atoms with Gasteiger partial charge in [-0.1, -0.05) is 37.3 Å². The van der Waals surface area contributed by atoms with E-state index in [4.69, 9.17) is 9.47 Å². The summed E-state index contributed by atoms with van der Waals surface area (Å²) in [6.07, 6.45) is 0. The average Bonchev–Trinajstić information content (AvgIpc) is 3.28. The molecule has 2 heterocycles. The number of tetrazole rings is 1. The molecular formula is C23H30N6O2. The van der Waals surface area contributed by atoms with Crippen molar-refractivity contribution in [3.63, 3.8) is 0 Å². The van der Waals surface area contributed by atoms with Gasteiger partial charge in [0.1, 0.15) is 17.5 Å². The fraction of sp³-hybridized carbons (Fsp3) is 0.435. The van der Waals surface area contributed by atoms with Gasteiger partial charge in [0, 0.05) is 31.7 Å². The van der Waals surface area contributed by atoms with Gasteiger partial charge in [-0.15, -0.1) is 5.10 Å². The molecule has 0 N–H and O–H groups in total. The maximum absolute atomic E-state index is 5.71. The molecule has 1 fully saturated rings. The molecule has 2 aromatic carbocycles. The average molecular weight is 423 g/mol. The first-order valence-electron chi connectivity index (χ1n) is 10.7. The van der Waals surface area contributed by atoms with Crippen LogP contribution in [0.4, 0.5) is 0 Å². The first-order valence-corrected chi connectivity index (χ1v) is 10.7. The van der Waals surface area contributed by atoms with Crippen LogP contribution in [0.3, 0.4) is 0 Å². The van der Waals surface area contributed by atoms with Gasteiger partial charge in [-0.05, 0) is 40.7 Å². The van der Waals surface area contributed by atoms with E-state index in [0.717, 1.165) is 61.2 Å². The van der Waals surface area contributed by atoms with Gasteiger partial charge in [-0.25, -0.2) is 4.68 Å². The smallest absolute Gasteiger partial charge is 0.173 e. The van der Waals surface area contributed by atoms with E-state index in [1.165, 1.54) is 0 Å². The summed E-state index contributed by atoms with van der Waals surface area (Å²) in [5.41, 5.74) is 2.20. The van der Waals surface area contributed by atoms with Gasteiger partial charge >= 0.3 is 0 Å². The lowest BCUT2D eigenvalue weighted by Gasteiger charge is -2.38. The normalized spacial score (nSPS) is 16.2. The van der Waals surface area contributed by atoms with Gasteiger partial charge in [-0.3, -0.25) is 4.90 Å². The van der Waals surface area contributed by atoms with Crippen molar-refractivity contribution in [3.05, 3.63) is 65.5 Å². The van der Waals surface area contributed by atoms with Gasteiger partial charge in [0.05, 0.1) is 20.8 Å². The van der Waals surface area contributed by atoms with Crippen molar-refractivity contribution in [2.45, 2.75) is 19.5 Å².